The molecule has 0 aliphatic carbocycles. The van der Waals surface area contributed by atoms with Gasteiger partial charge in [0.05, 0.1) is 6.54 Å². The van der Waals surface area contributed by atoms with E-state index in [9.17, 15) is 4.79 Å². The summed E-state index contributed by atoms with van der Waals surface area (Å²) in [5.74, 6) is -0.113. The van der Waals surface area contributed by atoms with E-state index in [2.05, 4.69) is 10.6 Å². The van der Waals surface area contributed by atoms with Crippen molar-refractivity contribution < 1.29 is 4.79 Å². The number of anilines is 1. The summed E-state index contributed by atoms with van der Waals surface area (Å²) in [5, 5.41) is 7.25. The summed E-state index contributed by atoms with van der Waals surface area (Å²) < 4.78 is 0. The molecule has 0 radical (unpaired) electrons. The molecule has 0 fully saturated rings. The molecule has 0 aliphatic rings. The van der Waals surface area contributed by atoms with E-state index < -0.39 is 0 Å². The molecule has 1 atom stereocenters. The van der Waals surface area contributed by atoms with Gasteiger partial charge in [0.2, 0.25) is 5.91 Å². The monoisotopic (exact) mass is 322 g/mol. The first-order valence-electron chi connectivity index (χ1n) is 6.59. The van der Waals surface area contributed by atoms with E-state index in [-0.39, 0.29) is 18.5 Å². The van der Waals surface area contributed by atoms with Crippen LogP contribution in [0, 0.1) is 0 Å². The van der Waals surface area contributed by atoms with Gasteiger partial charge in [0.1, 0.15) is 0 Å². The zero-order valence-electron chi connectivity index (χ0n) is 11.6. The fourth-order valence-electron chi connectivity index (χ4n) is 1.89. The Morgan fingerprint density at radius 3 is 2.48 bits per heavy atom. The first kappa shape index (κ1) is 15.8. The van der Waals surface area contributed by atoms with Crippen molar-refractivity contribution in [2.45, 2.75) is 13.0 Å². The topological polar surface area (TPSA) is 41.1 Å². The minimum Gasteiger partial charge on any atom is -0.325 e. The molecule has 0 spiro atoms. The van der Waals surface area contributed by atoms with Crippen LogP contribution in [0.5, 0.6) is 0 Å². The maximum Gasteiger partial charge on any atom is 0.238 e. The van der Waals surface area contributed by atoms with E-state index in [0.717, 1.165) is 5.56 Å². The summed E-state index contributed by atoms with van der Waals surface area (Å²) in [5.41, 5.74) is 1.77. The molecule has 3 nitrogen and oxygen atoms in total. The van der Waals surface area contributed by atoms with Gasteiger partial charge in [-0.05, 0) is 42.8 Å². The predicted octanol–water partition coefficient (Wildman–Crippen LogP) is 4.28. The Labute approximate surface area is 134 Å². The van der Waals surface area contributed by atoms with Gasteiger partial charge < -0.3 is 10.6 Å². The number of hydrogen-bond donors (Lipinski definition) is 2. The quantitative estimate of drug-likeness (QED) is 0.862. The Balaban J connectivity index is 1.84. The number of halogens is 2. The summed E-state index contributed by atoms with van der Waals surface area (Å²) in [6.07, 6.45) is 0. The molecule has 0 bridgehead atoms. The second-order valence-electron chi connectivity index (χ2n) is 4.71. The van der Waals surface area contributed by atoms with E-state index in [1.807, 2.05) is 31.2 Å². The molecule has 2 rings (SSSR count). The largest absolute Gasteiger partial charge is 0.325 e. The summed E-state index contributed by atoms with van der Waals surface area (Å²) in [6, 6.07) is 14.7. The van der Waals surface area contributed by atoms with Gasteiger partial charge in [0.25, 0.3) is 0 Å². The number of nitrogens with one attached hydrogen (secondary N) is 2. The fourth-order valence-corrected chi connectivity index (χ4v) is 2.20. The second kappa shape index (κ2) is 7.46. The molecule has 0 aromatic heterocycles. The van der Waals surface area contributed by atoms with E-state index in [1.54, 1.807) is 24.3 Å². The molecule has 0 unspecified atom stereocenters. The summed E-state index contributed by atoms with van der Waals surface area (Å²) in [6.45, 7) is 2.21. The van der Waals surface area contributed by atoms with Crippen LogP contribution in [-0.4, -0.2) is 12.5 Å². The van der Waals surface area contributed by atoms with Crippen LogP contribution < -0.4 is 10.6 Å². The molecule has 5 heteroatoms. The van der Waals surface area contributed by atoms with E-state index in [0.29, 0.717) is 15.7 Å². The smallest absolute Gasteiger partial charge is 0.238 e. The van der Waals surface area contributed by atoms with Gasteiger partial charge in [-0.25, -0.2) is 0 Å². The molecule has 0 heterocycles. The Kier molecular flexibility index (Phi) is 5.62. The van der Waals surface area contributed by atoms with Crippen LogP contribution in [-0.2, 0) is 4.79 Å². The molecule has 21 heavy (non-hydrogen) atoms. The van der Waals surface area contributed by atoms with Crippen LogP contribution in [0.25, 0.3) is 0 Å². The van der Waals surface area contributed by atoms with Gasteiger partial charge in [-0.1, -0.05) is 41.4 Å². The van der Waals surface area contributed by atoms with Crippen molar-refractivity contribution in [2.75, 3.05) is 11.9 Å². The summed E-state index contributed by atoms with van der Waals surface area (Å²) in [7, 11) is 0. The average Bonchev–Trinajstić information content (AvgIpc) is 2.45. The maximum absolute atomic E-state index is 11.9. The highest BCUT2D eigenvalue weighted by molar-refractivity contribution is 6.31. The molecule has 2 aromatic carbocycles. The van der Waals surface area contributed by atoms with Crippen molar-refractivity contribution >= 4 is 34.8 Å². The van der Waals surface area contributed by atoms with Crippen LogP contribution in [0.4, 0.5) is 5.69 Å². The number of amides is 1. The Morgan fingerprint density at radius 1 is 1.10 bits per heavy atom. The third-order valence-electron chi connectivity index (χ3n) is 3.05. The third kappa shape index (κ3) is 5.05. The lowest BCUT2D eigenvalue weighted by Gasteiger charge is -2.14. The minimum atomic E-state index is -0.113. The third-order valence-corrected chi connectivity index (χ3v) is 3.53. The predicted molar refractivity (Wildman–Crippen MR) is 88.0 cm³/mol. The van der Waals surface area contributed by atoms with Gasteiger partial charge in [-0.3, -0.25) is 4.79 Å². The molecule has 110 valence electrons. The number of hydrogen-bond acceptors (Lipinski definition) is 2. The maximum atomic E-state index is 11.9. The second-order valence-corrected chi connectivity index (χ2v) is 5.59. The zero-order chi connectivity index (χ0) is 15.2. The highest BCUT2D eigenvalue weighted by Gasteiger charge is 2.08. The number of carbonyl (C=O) groups excluding carboxylic acids is 1. The summed E-state index contributed by atoms with van der Waals surface area (Å²) >= 11 is 11.7. The lowest BCUT2D eigenvalue weighted by molar-refractivity contribution is -0.115. The van der Waals surface area contributed by atoms with Crippen LogP contribution >= 0.6 is 23.2 Å². The number of benzene rings is 2. The standard InChI is InChI=1S/C16H16Cl2N2O/c1-11(12-5-7-13(17)8-6-12)19-10-16(21)20-15-4-2-3-14(18)9-15/h2-9,11,19H,10H2,1H3,(H,20,21)/t11-/m1/s1. The van der Waals surface area contributed by atoms with Crippen molar-refractivity contribution in [3.8, 4) is 0 Å². The van der Waals surface area contributed by atoms with Crippen molar-refractivity contribution in [1.82, 2.24) is 5.32 Å². The van der Waals surface area contributed by atoms with Gasteiger partial charge in [-0.15, -0.1) is 0 Å². The van der Waals surface area contributed by atoms with Crippen LogP contribution in [0.2, 0.25) is 10.0 Å². The lowest BCUT2D eigenvalue weighted by atomic mass is 10.1. The van der Waals surface area contributed by atoms with Gasteiger partial charge in [0.15, 0.2) is 0 Å². The molecular formula is C16H16Cl2N2O. The van der Waals surface area contributed by atoms with Crippen molar-refractivity contribution in [2.24, 2.45) is 0 Å². The van der Waals surface area contributed by atoms with Gasteiger partial charge in [-0.2, -0.15) is 0 Å². The first-order chi connectivity index (χ1) is 10.0. The molecular weight excluding hydrogens is 307 g/mol. The highest BCUT2D eigenvalue weighted by atomic mass is 35.5. The summed E-state index contributed by atoms with van der Waals surface area (Å²) in [4.78, 5) is 11.9. The minimum absolute atomic E-state index is 0.0624. The number of carbonyl (C=O) groups is 1. The van der Waals surface area contributed by atoms with Crippen LogP contribution in [0.15, 0.2) is 48.5 Å². The molecule has 2 aromatic rings. The van der Waals surface area contributed by atoms with Crippen molar-refractivity contribution in [3.05, 3.63) is 64.1 Å². The van der Waals surface area contributed by atoms with E-state index in [1.165, 1.54) is 0 Å². The van der Waals surface area contributed by atoms with Crippen molar-refractivity contribution in [3.63, 3.8) is 0 Å². The molecule has 0 aliphatic heterocycles. The zero-order valence-corrected chi connectivity index (χ0v) is 13.1. The highest BCUT2D eigenvalue weighted by Crippen LogP contribution is 2.16. The average molecular weight is 323 g/mol. The van der Waals surface area contributed by atoms with Crippen molar-refractivity contribution in [1.29, 1.82) is 0 Å². The molecule has 0 saturated carbocycles. The Bertz CT molecular complexity index is 614. The van der Waals surface area contributed by atoms with Crippen LogP contribution in [0.1, 0.15) is 18.5 Å². The van der Waals surface area contributed by atoms with E-state index in [4.69, 9.17) is 23.2 Å². The molecule has 2 N–H and O–H groups in total. The molecule has 1 amide bonds. The normalized spacial score (nSPS) is 12.0. The lowest BCUT2D eigenvalue weighted by Crippen LogP contribution is -2.30. The Hall–Kier alpha value is -1.55. The fraction of sp³-hybridized carbons (Fsp3) is 0.188. The Morgan fingerprint density at radius 2 is 1.81 bits per heavy atom. The van der Waals surface area contributed by atoms with Crippen LogP contribution in [0.3, 0.4) is 0 Å². The van der Waals surface area contributed by atoms with E-state index >= 15 is 0 Å². The molecule has 0 saturated heterocycles. The first-order valence-corrected chi connectivity index (χ1v) is 7.34. The van der Waals surface area contributed by atoms with Gasteiger partial charge >= 0.3 is 0 Å². The van der Waals surface area contributed by atoms with Gasteiger partial charge in [0, 0.05) is 21.8 Å². The SMILES string of the molecule is C[C@@H](NCC(=O)Nc1cccc(Cl)c1)c1ccc(Cl)cc1. The number of rotatable bonds is 5.